The van der Waals surface area contributed by atoms with Gasteiger partial charge in [-0.15, -0.1) is 11.3 Å². The molecule has 6 nitrogen and oxygen atoms in total. The molecule has 4 rings (SSSR count). The summed E-state index contributed by atoms with van der Waals surface area (Å²) in [5.74, 6) is 0.855. The average molecular weight is 315 g/mol. The van der Waals surface area contributed by atoms with E-state index < -0.39 is 0 Å². The number of aliphatic hydroxyl groups excluding tert-OH is 1. The average Bonchev–Trinajstić information content (AvgIpc) is 3.12. The van der Waals surface area contributed by atoms with Crippen LogP contribution in [0.25, 0.3) is 10.2 Å². The SMILES string of the molecule is OCCn1cc(Nc2ncnc3sc4c(c23)CCCC4)cn1. The second-order valence-corrected chi connectivity index (χ2v) is 6.54. The lowest BCUT2D eigenvalue weighted by Crippen LogP contribution is -2.02. The number of nitrogens with zero attached hydrogens (tertiary/aromatic N) is 4. The van der Waals surface area contributed by atoms with Crippen molar-refractivity contribution in [2.75, 3.05) is 11.9 Å². The van der Waals surface area contributed by atoms with Gasteiger partial charge in [0.25, 0.3) is 0 Å². The van der Waals surface area contributed by atoms with Crippen molar-refractivity contribution in [3.05, 3.63) is 29.2 Å². The topological polar surface area (TPSA) is 75.9 Å². The number of fused-ring (bicyclic) bond motifs is 3. The van der Waals surface area contributed by atoms with E-state index in [0.717, 1.165) is 34.6 Å². The van der Waals surface area contributed by atoms with Gasteiger partial charge in [-0.05, 0) is 31.2 Å². The lowest BCUT2D eigenvalue weighted by molar-refractivity contribution is 0.269. The van der Waals surface area contributed by atoms with Gasteiger partial charge in [0.1, 0.15) is 17.0 Å². The summed E-state index contributed by atoms with van der Waals surface area (Å²) < 4.78 is 1.71. The van der Waals surface area contributed by atoms with Crippen LogP contribution < -0.4 is 5.32 Å². The standard InChI is InChI=1S/C15H17N5OS/c21-6-5-20-8-10(7-18-20)19-14-13-11-3-1-2-4-12(11)22-15(13)17-9-16-14/h7-9,21H,1-6H2,(H,16,17,19). The molecule has 0 saturated heterocycles. The van der Waals surface area contributed by atoms with E-state index >= 15 is 0 Å². The Morgan fingerprint density at radius 2 is 2.18 bits per heavy atom. The van der Waals surface area contributed by atoms with Gasteiger partial charge in [-0.2, -0.15) is 5.10 Å². The summed E-state index contributed by atoms with van der Waals surface area (Å²) >= 11 is 1.79. The lowest BCUT2D eigenvalue weighted by atomic mass is 9.97. The Labute approximate surface area is 131 Å². The Bertz CT molecular complexity index is 809. The van der Waals surface area contributed by atoms with E-state index in [4.69, 9.17) is 5.11 Å². The molecule has 114 valence electrons. The van der Waals surface area contributed by atoms with Crippen molar-refractivity contribution < 1.29 is 5.11 Å². The van der Waals surface area contributed by atoms with Crippen LogP contribution in [0, 0.1) is 0 Å². The van der Waals surface area contributed by atoms with E-state index in [0.29, 0.717) is 6.54 Å². The van der Waals surface area contributed by atoms with Crippen LogP contribution in [0.2, 0.25) is 0 Å². The van der Waals surface area contributed by atoms with Gasteiger partial charge in [0.05, 0.1) is 30.4 Å². The lowest BCUT2D eigenvalue weighted by Gasteiger charge is -2.11. The van der Waals surface area contributed by atoms with Crippen molar-refractivity contribution in [2.45, 2.75) is 32.2 Å². The van der Waals surface area contributed by atoms with Crippen molar-refractivity contribution in [3.63, 3.8) is 0 Å². The van der Waals surface area contributed by atoms with E-state index in [1.807, 2.05) is 6.20 Å². The molecule has 0 aliphatic heterocycles. The number of hydrogen-bond donors (Lipinski definition) is 2. The number of aliphatic hydroxyl groups is 1. The minimum absolute atomic E-state index is 0.0803. The number of aromatic nitrogens is 4. The second kappa shape index (κ2) is 5.66. The predicted octanol–water partition coefficient (Wildman–Crippen LogP) is 2.50. The number of hydrogen-bond acceptors (Lipinski definition) is 6. The van der Waals surface area contributed by atoms with E-state index in [-0.39, 0.29) is 6.61 Å². The van der Waals surface area contributed by atoms with Crippen LogP contribution in [0.15, 0.2) is 18.7 Å². The zero-order valence-electron chi connectivity index (χ0n) is 12.1. The van der Waals surface area contributed by atoms with Crippen molar-refractivity contribution in [1.82, 2.24) is 19.7 Å². The highest BCUT2D eigenvalue weighted by Gasteiger charge is 2.20. The third kappa shape index (κ3) is 2.36. The van der Waals surface area contributed by atoms with Crippen molar-refractivity contribution in [1.29, 1.82) is 0 Å². The minimum atomic E-state index is 0.0803. The van der Waals surface area contributed by atoms with Gasteiger partial charge in [-0.1, -0.05) is 0 Å². The molecule has 3 aromatic heterocycles. The molecule has 0 amide bonds. The molecule has 7 heteroatoms. The fraction of sp³-hybridized carbons (Fsp3) is 0.400. The molecule has 0 spiro atoms. The summed E-state index contributed by atoms with van der Waals surface area (Å²) in [6.45, 7) is 0.575. The highest BCUT2D eigenvalue weighted by Crippen LogP contribution is 2.38. The molecule has 0 saturated carbocycles. The molecule has 1 aliphatic carbocycles. The first-order valence-electron chi connectivity index (χ1n) is 7.51. The van der Waals surface area contributed by atoms with Gasteiger partial charge in [0.2, 0.25) is 0 Å². The summed E-state index contributed by atoms with van der Waals surface area (Å²) in [4.78, 5) is 11.4. The Kier molecular flexibility index (Phi) is 3.51. The maximum absolute atomic E-state index is 8.96. The zero-order chi connectivity index (χ0) is 14.9. The molecule has 0 atom stereocenters. The van der Waals surface area contributed by atoms with Crippen LogP contribution in [0.4, 0.5) is 11.5 Å². The Morgan fingerprint density at radius 1 is 1.27 bits per heavy atom. The summed E-state index contributed by atoms with van der Waals surface area (Å²) in [5.41, 5.74) is 2.29. The molecule has 0 fully saturated rings. The molecule has 2 N–H and O–H groups in total. The van der Waals surface area contributed by atoms with E-state index in [9.17, 15) is 0 Å². The molecule has 22 heavy (non-hydrogen) atoms. The van der Waals surface area contributed by atoms with Crippen LogP contribution in [0.1, 0.15) is 23.3 Å². The predicted molar refractivity (Wildman–Crippen MR) is 86.7 cm³/mol. The third-order valence-corrected chi connectivity index (χ3v) is 5.18. The van der Waals surface area contributed by atoms with Crippen molar-refractivity contribution in [2.24, 2.45) is 0 Å². The number of rotatable bonds is 4. The maximum atomic E-state index is 8.96. The van der Waals surface area contributed by atoms with Gasteiger partial charge in [-0.3, -0.25) is 4.68 Å². The van der Waals surface area contributed by atoms with E-state index in [1.54, 1.807) is 28.5 Å². The Hall–Kier alpha value is -1.99. The summed E-state index contributed by atoms with van der Waals surface area (Å²) in [7, 11) is 0. The van der Waals surface area contributed by atoms with Gasteiger partial charge in [0.15, 0.2) is 0 Å². The monoisotopic (exact) mass is 315 g/mol. The van der Waals surface area contributed by atoms with Crippen LogP contribution in [-0.4, -0.2) is 31.5 Å². The second-order valence-electron chi connectivity index (χ2n) is 5.45. The molecule has 3 heterocycles. The molecule has 1 aliphatic rings. The summed E-state index contributed by atoms with van der Waals surface area (Å²) in [6, 6.07) is 0. The summed E-state index contributed by atoms with van der Waals surface area (Å²) in [6.07, 6.45) is 10.0. The normalized spacial score (nSPS) is 14.2. The minimum Gasteiger partial charge on any atom is -0.394 e. The van der Waals surface area contributed by atoms with Gasteiger partial charge in [-0.25, -0.2) is 9.97 Å². The Morgan fingerprint density at radius 3 is 3.09 bits per heavy atom. The van der Waals surface area contributed by atoms with Crippen LogP contribution >= 0.6 is 11.3 Å². The first-order chi connectivity index (χ1) is 10.8. The number of aryl methyl sites for hydroxylation is 2. The fourth-order valence-electron chi connectivity index (χ4n) is 2.97. The number of thiophene rings is 1. The van der Waals surface area contributed by atoms with E-state index in [1.165, 1.54) is 23.3 Å². The highest BCUT2D eigenvalue weighted by molar-refractivity contribution is 7.19. The molecular weight excluding hydrogens is 298 g/mol. The van der Waals surface area contributed by atoms with Crippen molar-refractivity contribution >= 4 is 33.1 Å². The third-order valence-electron chi connectivity index (χ3n) is 3.98. The molecule has 0 aromatic carbocycles. The summed E-state index contributed by atoms with van der Waals surface area (Å²) in [5, 5.41) is 17.7. The quantitative estimate of drug-likeness (QED) is 0.773. The van der Waals surface area contributed by atoms with Gasteiger partial charge >= 0.3 is 0 Å². The van der Waals surface area contributed by atoms with Crippen LogP contribution in [-0.2, 0) is 19.4 Å². The van der Waals surface area contributed by atoms with E-state index in [2.05, 4.69) is 20.4 Å². The van der Waals surface area contributed by atoms with Crippen LogP contribution in [0.3, 0.4) is 0 Å². The number of nitrogens with one attached hydrogen (secondary N) is 1. The van der Waals surface area contributed by atoms with Gasteiger partial charge in [0, 0.05) is 11.1 Å². The molecule has 0 radical (unpaired) electrons. The fourth-order valence-corrected chi connectivity index (χ4v) is 4.20. The molecule has 0 bridgehead atoms. The maximum Gasteiger partial charge on any atom is 0.142 e. The molecular formula is C15H17N5OS. The smallest absolute Gasteiger partial charge is 0.142 e. The zero-order valence-corrected chi connectivity index (χ0v) is 12.9. The van der Waals surface area contributed by atoms with Crippen LogP contribution in [0.5, 0.6) is 0 Å². The largest absolute Gasteiger partial charge is 0.394 e. The highest BCUT2D eigenvalue weighted by atomic mass is 32.1. The first-order valence-corrected chi connectivity index (χ1v) is 8.32. The molecule has 0 unspecified atom stereocenters. The molecule has 3 aromatic rings. The Balaban J connectivity index is 1.72. The van der Waals surface area contributed by atoms with Gasteiger partial charge < -0.3 is 10.4 Å². The van der Waals surface area contributed by atoms with Crippen molar-refractivity contribution in [3.8, 4) is 0 Å². The first kappa shape index (κ1) is 13.7. The number of anilines is 2.